The highest BCUT2D eigenvalue weighted by atomic mass is 16.6. The summed E-state index contributed by atoms with van der Waals surface area (Å²) in [7, 11) is 1.56. The Morgan fingerprint density at radius 2 is 1.69 bits per heavy atom. The number of nitro benzene ring substituents is 1. The van der Waals surface area contributed by atoms with Crippen LogP contribution in [0.5, 0.6) is 11.5 Å². The third-order valence-corrected chi connectivity index (χ3v) is 7.81. The Morgan fingerprint density at radius 1 is 1.04 bits per heavy atom. The molecule has 0 saturated heterocycles. The molecule has 0 aromatic heterocycles. The van der Waals surface area contributed by atoms with Crippen LogP contribution in [0.25, 0.3) is 0 Å². The minimum absolute atomic E-state index is 0.0636. The highest BCUT2D eigenvalue weighted by molar-refractivity contribution is 6.00. The minimum Gasteiger partial charge on any atom is -0.493 e. The fourth-order valence-corrected chi connectivity index (χ4v) is 5.60. The summed E-state index contributed by atoms with van der Waals surface area (Å²) in [6, 6.07) is 13.1. The van der Waals surface area contributed by atoms with Crippen LogP contribution in [-0.2, 0) is 19.1 Å². The Bertz CT molecular complexity index is 1500. The number of aliphatic hydroxyl groups excluding tert-OH is 1. The molecule has 0 spiro atoms. The van der Waals surface area contributed by atoms with Crippen LogP contribution >= 0.6 is 0 Å². The number of hydrogen-bond acceptors (Lipinski definition) is 12. The molecule has 48 heavy (non-hydrogen) atoms. The van der Waals surface area contributed by atoms with Crippen LogP contribution in [0.1, 0.15) is 53.0 Å². The van der Waals surface area contributed by atoms with Gasteiger partial charge in [-0.3, -0.25) is 15.0 Å². The van der Waals surface area contributed by atoms with Crippen molar-refractivity contribution in [1.82, 2.24) is 15.5 Å². The van der Waals surface area contributed by atoms with Crippen molar-refractivity contribution in [3.8, 4) is 11.5 Å². The molecule has 2 aromatic rings. The molecule has 2 aromatic carbocycles. The topological polar surface area (TPSA) is 162 Å². The smallest absolute Gasteiger partial charge is 0.336 e. The summed E-state index contributed by atoms with van der Waals surface area (Å²) in [5.41, 5.74) is 1.08. The van der Waals surface area contributed by atoms with Gasteiger partial charge in [0, 0.05) is 48.7 Å². The summed E-state index contributed by atoms with van der Waals surface area (Å²) in [6.45, 7) is 13.0. The third kappa shape index (κ3) is 10.0. The van der Waals surface area contributed by atoms with Crippen molar-refractivity contribution < 1.29 is 38.6 Å². The summed E-state index contributed by atoms with van der Waals surface area (Å²) in [4.78, 5) is 40.3. The maximum absolute atomic E-state index is 13.7. The van der Waals surface area contributed by atoms with Gasteiger partial charge in [-0.05, 0) is 58.9 Å². The van der Waals surface area contributed by atoms with E-state index in [0.29, 0.717) is 41.5 Å². The van der Waals surface area contributed by atoms with Crippen molar-refractivity contribution in [2.75, 3.05) is 53.1 Å². The number of likely N-dealkylation sites (N-methyl/N-ethyl adjacent to an activating group) is 1. The number of carbonyl (C=O) groups is 2. The van der Waals surface area contributed by atoms with E-state index in [-0.39, 0.29) is 49.7 Å². The van der Waals surface area contributed by atoms with E-state index in [1.165, 1.54) is 18.2 Å². The number of aliphatic hydroxyl groups is 1. The van der Waals surface area contributed by atoms with E-state index in [1.54, 1.807) is 46.1 Å². The van der Waals surface area contributed by atoms with Gasteiger partial charge in [-0.25, -0.2) is 9.59 Å². The standard InChI is InChI=1S/C35H48N4O9/c1-8-38(22-35(5,6)36-19-26(40)21-48-29-17-12-11-16-28(29)45-7)20-27-32(34(42)47-10-3)31(24-14-13-15-25(18-24)39(43)44)30(23(4)37-27)33(41)46-9-2/h11-18,26,31,36-37,40H,8-10,19-22H2,1-7H3. The van der Waals surface area contributed by atoms with E-state index in [4.69, 9.17) is 18.9 Å². The van der Waals surface area contributed by atoms with Crippen LogP contribution in [0.3, 0.4) is 0 Å². The number of rotatable bonds is 18. The SMILES string of the molecule is CCOC(=O)C1=C(C)NC(CN(CC)CC(C)(C)NCC(O)COc2ccccc2OC)=C(C(=O)OCC)C1c1cccc([N+](=O)[O-])c1. The second kappa shape index (κ2) is 17.6. The summed E-state index contributed by atoms with van der Waals surface area (Å²) in [5.74, 6) is -1.12. The molecule has 0 amide bonds. The Labute approximate surface area is 282 Å². The van der Waals surface area contributed by atoms with Gasteiger partial charge >= 0.3 is 11.9 Å². The normalized spacial score (nSPS) is 15.6. The molecule has 3 N–H and O–H groups in total. The molecule has 1 aliphatic heterocycles. The summed E-state index contributed by atoms with van der Waals surface area (Å²) in [6.07, 6.45) is -0.799. The van der Waals surface area contributed by atoms with Crippen molar-refractivity contribution >= 4 is 17.6 Å². The van der Waals surface area contributed by atoms with Crippen LogP contribution in [0.15, 0.2) is 71.1 Å². The zero-order chi connectivity index (χ0) is 35.4. The number of benzene rings is 2. The van der Waals surface area contributed by atoms with Crippen LogP contribution in [-0.4, -0.2) is 91.6 Å². The Balaban J connectivity index is 1.88. The molecule has 262 valence electrons. The van der Waals surface area contributed by atoms with E-state index in [0.717, 1.165) is 0 Å². The number of allylic oxidation sites excluding steroid dienone is 1. The van der Waals surface area contributed by atoms with Gasteiger partial charge in [0.05, 0.1) is 42.3 Å². The average molecular weight is 669 g/mol. The van der Waals surface area contributed by atoms with Gasteiger partial charge in [0.15, 0.2) is 11.5 Å². The molecule has 0 radical (unpaired) electrons. The highest BCUT2D eigenvalue weighted by Gasteiger charge is 2.40. The molecule has 0 fully saturated rings. The number of β-amino-alcohol motifs (C(OH)–C–C–N with tert-alkyl or cyclic N) is 1. The first-order chi connectivity index (χ1) is 22.8. The zero-order valence-electron chi connectivity index (χ0n) is 28.8. The lowest BCUT2D eigenvalue weighted by Crippen LogP contribution is -2.52. The summed E-state index contributed by atoms with van der Waals surface area (Å²) >= 11 is 0. The molecule has 0 saturated carbocycles. The maximum atomic E-state index is 13.7. The van der Waals surface area contributed by atoms with Crippen molar-refractivity contribution in [1.29, 1.82) is 0 Å². The molecular formula is C35H48N4O9. The van der Waals surface area contributed by atoms with Gasteiger partial charge in [0.1, 0.15) is 12.7 Å². The summed E-state index contributed by atoms with van der Waals surface area (Å²) in [5, 5.41) is 29.0. The number of ether oxygens (including phenoxy) is 4. The van der Waals surface area contributed by atoms with Crippen molar-refractivity contribution in [3.63, 3.8) is 0 Å². The highest BCUT2D eigenvalue weighted by Crippen LogP contribution is 2.40. The molecule has 1 heterocycles. The molecule has 3 rings (SSSR count). The molecule has 1 aliphatic rings. The lowest BCUT2D eigenvalue weighted by atomic mass is 9.80. The van der Waals surface area contributed by atoms with Gasteiger partial charge in [0.25, 0.3) is 5.69 Å². The number of dihydropyridines is 1. The first kappa shape index (κ1) is 38.0. The number of methoxy groups -OCH3 is 1. The summed E-state index contributed by atoms with van der Waals surface area (Å²) < 4.78 is 21.9. The van der Waals surface area contributed by atoms with Crippen LogP contribution < -0.4 is 20.1 Å². The first-order valence-electron chi connectivity index (χ1n) is 16.1. The number of carbonyl (C=O) groups excluding carboxylic acids is 2. The first-order valence-corrected chi connectivity index (χ1v) is 16.1. The lowest BCUT2D eigenvalue weighted by molar-refractivity contribution is -0.384. The largest absolute Gasteiger partial charge is 0.493 e. The monoisotopic (exact) mass is 668 g/mol. The fourth-order valence-electron chi connectivity index (χ4n) is 5.60. The van der Waals surface area contributed by atoms with Crippen molar-refractivity contribution in [2.45, 2.75) is 59.1 Å². The number of non-ortho nitro benzene ring substituents is 1. The number of nitro groups is 1. The maximum Gasteiger partial charge on any atom is 0.336 e. The van der Waals surface area contributed by atoms with E-state index < -0.39 is 34.4 Å². The number of para-hydroxylation sites is 2. The Morgan fingerprint density at radius 3 is 2.29 bits per heavy atom. The number of nitrogens with zero attached hydrogens (tertiary/aromatic N) is 2. The Kier molecular flexibility index (Phi) is 13.9. The van der Waals surface area contributed by atoms with E-state index in [1.807, 2.05) is 32.9 Å². The molecule has 13 nitrogen and oxygen atoms in total. The predicted octanol–water partition coefficient (Wildman–Crippen LogP) is 4.07. The van der Waals surface area contributed by atoms with Gasteiger partial charge in [-0.2, -0.15) is 0 Å². The molecular weight excluding hydrogens is 620 g/mol. The third-order valence-electron chi connectivity index (χ3n) is 7.81. The van der Waals surface area contributed by atoms with Gasteiger partial charge in [0.2, 0.25) is 0 Å². The second-order valence-corrected chi connectivity index (χ2v) is 12.0. The molecule has 2 unspecified atom stereocenters. The molecule has 0 aliphatic carbocycles. The van der Waals surface area contributed by atoms with Gasteiger partial charge in [-0.1, -0.05) is 31.2 Å². The quantitative estimate of drug-likeness (QED) is 0.119. The van der Waals surface area contributed by atoms with E-state index in [9.17, 15) is 24.8 Å². The van der Waals surface area contributed by atoms with Crippen LogP contribution in [0.2, 0.25) is 0 Å². The molecule has 2 atom stereocenters. The Hall–Kier alpha value is -4.46. The lowest BCUT2D eigenvalue weighted by Gasteiger charge is -2.37. The number of nitrogens with one attached hydrogen (secondary N) is 2. The number of hydrogen-bond donors (Lipinski definition) is 3. The zero-order valence-corrected chi connectivity index (χ0v) is 28.8. The number of esters is 2. The second-order valence-electron chi connectivity index (χ2n) is 12.0. The van der Waals surface area contributed by atoms with E-state index >= 15 is 0 Å². The fraction of sp³-hybridized carbons (Fsp3) is 0.486. The van der Waals surface area contributed by atoms with Gasteiger partial charge in [-0.15, -0.1) is 0 Å². The average Bonchev–Trinajstić information content (AvgIpc) is 3.05. The van der Waals surface area contributed by atoms with Crippen molar-refractivity contribution in [2.24, 2.45) is 0 Å². The van der Waals surface area contributed by atoms with Crippen molar-refractivity contribution in [3.05, 3.63) is 86.7 Å². The van der Waals surface area contributed by atoms with Gasteiger partial charge < -0.3 is 34.7 Å². The van der Waals surface area contributed by atoms with Crippen LogP contribution in [0.4, 0.5) is 5.69 Å². The van der Waals surface area contributed by atoms with E-state index in [2.05, 4.69) is 15.5 Å². The molecule has 0 bridgehead atoms. The minimum atomic E-state index is -0.970. The van der Waals surface area contributed by atoms with Crippen LogP contribution in [0, 0.1) is 10.1 Å². The molecule has 13 heteroatoms. The predicted molar refractivity (Wildman–Crippen MR) is 181 cm³/mol.